The lowest BCUT2D eigenvalue weighted by Crippen LogP contribution is -2.21. The molecule has 2 rings (SSSR count). The van der Waals surface area contributed by atoms with Crippen molar-refractivity contribution in [2.24, 2.45) is 5.73 Å². The molecule has 2 N–H and O–H groups in total. The predicted octanol–water partition coefficient (Wildman–Crippen LogP) is 3.14. The second-order valence-electron chi connectivity index (χ2n) is 4.79. The highest BCUT2D eigenvalue weighted by Gasteiger charge is 2.07. The van der Waals surface area contributed by atoms with Gasteiger partial charge in [-0.25, -0.2) is 14.4 Å². The van der Waals surface area contributed by atoms with Gasteiger partial charge in [-0.2, -0.15) is 0 Å². The van der Waals surface area contributed by atoms with Gasteiger partial charge in [0.2, 0.25) is 0 Å². The Labute approximate surface area is 123 Å². The molecule has 1 heterocycles. The van der Waals surface area contributed by atoms with E-state index in [0.29, 0.717) is 17.3 Å². The van der Waals surface area contributed by atoms with E-state index in [9.17, 15) is 4.39 Å². The third kappa shape index (κ3) is 3.99. The molecule has 0 saturated heterocycles. The second-order valence-corrected chi connectivity index (χ2v) is 5.20. The van der Waals surface area contributed by atoms with Crippen LogP contribution in [0.3, 0.4) is 0 Å². The molecule has 20 heavy (non-hydrogen) atoms. The highest BCUT2D eigenvalue weighted by molar-refractivity contribution is 6.31. The molecule has 0 bridgehead atoms. The number of aromatic nitrogens is 2. The quantitative estimate of drug-likeness (QED) is 0.921. The fourth-order valence-corrected chi connectivity index (χ4v) is 2.09. The number of nitrogens with two attached hydrogens (primary N) is 1. The molecule has 0 radical (unpaired) electrons. The Kier molecular flexibility index (Phi) is 5.04. The van der Waals surface area contributed by atoms with E-state index < -0.39 is 0 Å². The maximum atomic E-state index is 13.0. The van der Waals surface area contributed by atoms with Crippen molar-refractivity contribution in [1.82, 2.24) is 9.97 Å². The van der Waals surface area contributed by atoms with Gasteiger partial charge in [0.05, 0.1) is 0 Å². The molecule has 0 saturated carbocycles. The molecule has 1 aromatic heterocycles. The van der Waals surface area contributed by atoms with Crippen LogP contribution in [0, 0.1) is 5.82 Å². The summed E-state index contributed by atoms with van der Waals surface area (Å²) in [5, 5.41) is 0.394. The first-order valence-corrected chi connectivity index (χ1v) is 6.95. The molecule has 2 aromatic rings. The average Bonchev–Trinajstić information content (AvgIpc) is 2.44. The average molecular weight is 294 g/mol. The van der Waals surface area contributed by atoms with Gasteiger partial charge in [0, 0.05) is 29.9 Å². The van der Waals surface area contributed by atoms with Crippen molar-refractivity contribution in [3.05, 3.63) is 58.4 Å². The van der Waals surface area contributed by atoms with E-state index in [0.717, 1.165) is 24.0 Å². The van der Waals surface area contributed by atoms with Crippen LogP contribution in [0.5, 0.6) is 0 Å². The van der Waals surface area contributed by atoms with E-state index in [1.165, 1.54) is 12.1 Å². The van der Waals surface area contributed by atoms with Crippen LogP contribution in [0.2, 0.25) is 5.02 Å². The molecule has 1 aromatic carbocycles. The fourth-order valence-electron chi connectivity index (χ4n) is 1.86. The van der Waals surface area contributed by atoms with Crippen LogP contribution in [0.4, 0.5) is 4.39 Å². The summed E-state index contributed by atoms with van der Waals surface area (Å²) in [6, 6.07) is 4.47. The highest BCUT2D eigenvalue weighted by Crippen LogP contribution is 2.19. The summed E-state index contributed by atoms with van der Waals surface area (Å²) >= 11 is 5.99. The zero-order valence-electron chi connectivity index (χ0n) is 11.3. The van der Waals surface area contributed by atoms with Crippen molar-refractivity contribution in [1.29, 1.82) is 0 Å². The number of halogens is 2. The first-order valence-electron chi connectivity index (χ1n) is 6.57. The van der Waals surface area contributed by atoms with Crippen LogP contribution in [0.15, 0.2) is 30.6 Å². The molecule has 0 aliphatic heterocycles. The lowest BCUT2D eigenvalue weighted by Gasteiger charge is -2.08. The SMILES string of the molecule is CCC(N)Cc1cnc(Cc2ccc(F)cc2Cl)nc1. The van der Waals surface area contributed by atoms with Crippen LogP contribution in [-0.4, -0.2) is 16.0 Å². The second kappa shape index (κ2) is 6.77. The Balaban J connectivity index is 2.07. The zero-order chi connectivity index (χ0) is 14.5. The monoisotopic (exact) mass is 293 g/mol. The molecule has 1 unspecified atom stereocenters. The van der Waals surface area contributed by atoms with E-state index in [4.69, 9.17) is 17.3 Å². The van der Waals surface area contributed by atoms with Crippen molar-refractivity contribution >= 4 is 11.6 Å². The minimum atomic E-state index is -0.344. The maximum Gasteiger partial charge on any atom is 0.132 e. The van der Waals surface area contributed by atoms with Crippen molar-refractivity contribution in [2.45, 2.75) is 32.2 Å². The van der Waals surface area contributed by atoms with Crippen molar-refractivity contribution < 1.29 is 4.39 Å². The van der Waals surface area contributed by atoms with Crippen LogP contribution in [-0.2, 0) is 12.8 Å². The summed E-state index contributed by atoms with van der Waals surface area (Å²) in [7, 11) is 0. The summed E-state index contributed by atoms with van der Waals surface area (Å²) in [4.78, 5) is 8.61. The molecule has 0 aliphatic rings. The molecule has 0 amide bonds. The Morgan fingerprint density at radius 1 is 1.30 bits per heavy atom. The van der Waals surface area contributed by atoms with Gasteiger partial charge in [0.25, 0.3) is 0 Å². The number of nitrogens with zero attached hydrogens (tertiary/aromatic N) is 2. The minimum absolute atomic E-state index is 0.135. The largest absolute Gasteiger partial charge is 0.327 e. The van der Waals surface area contributed by atoms with Gasteiger partial charge in [-0.3, -0.25) is 0 Å². The third-order valence-corrected chi connectivity index (χ3v) is 3.50. The molecule has 3 nitrogen and oxygen atoms in total. The van der Waals surface area contributed by atoms with Gasteiger partial charge in [0.1, 0.15) is 11.6 Å². The Morgan fingerprint density at radius 3 is 2.60 bits per heavy atom. The van der Waals surface area contributed by atoms with E-state index in [2.05, 4.69) is 16.9 Å². The third-order valence-electron chi connectivity index (χ3n) is 3.14. The Morgan fingerprint density at radius 2 is 2.00 bits per heavy atom. The van der Waals surface area contributed by atoms with Crippen LogP contribution in [0.25, 0.3) is 0 Å². The molecule has 0 spiro atoms. The fraction of sp³-hybridized carbons (Fsp3) is 0.333. The first-order chi connectivity index (χ1) is 9.58. The molecule has 1 atom stereocenters. The maximum absolute atomic E-state index is 13.0. The van der Waals surface area contributed by atoms with Gasteiger partial charge in [-0.15, -0.1) is 0 Å². The highest BCUT2D eigenvalue weighted by atomic mass is 35.5. The molecule has 0 fully saturated rings. The van der Waals surface area contributed by atoms with E-state index in [-0.39, 0.29) is 11.9 Å². The van der Waals surface area contributed by atoms with Crippen molar-refractivity contribution in [2.75, 3.05) is 0 Å². The molecule has 5 heteroatoms. The summed E-state index contributed by atoms with van der Waals surface area (Å²) in [5.41, 5.74) is 7.72. The number of hydrogen-bond donors (Lipinski definition) is 1. The van der Waals surface area contributed by atoms with E-state index >= 15 is 0 Å². The van der Waals surface area contributed by atoms with Gasteiger partial charge >= 0.3 is 0 Å². The lowest BCUT2D eigenvalue weighted by atomic mass is 10.1. The molecule has 106 valence electrons. The number of hydrogen-bond acceptors (Lipinski definition) is 3. The standard InChI is InChI=1S/C15H17ClFN3/c1-2-13(18)5-10-8-19-15(20-9-10)6-11-3-4-12(17)7-14(11)16/h3-4,7-9,13H,2,5-6,18H2,1H3. The zero-order valence-corrected chi connectivity index (χ0v) is 12.1. The topological polar surface area (TPSA) is 51.8 Å². The van der Waals surface area contributed by atoms with Crippen molar-refractivity contribution in [3.63, 3.8) is 0 Å². The number of benzene rings is 1. The lowest BCUT2D eigenvalue weighted by molar-refractivity contribution is 0.627. The first kappa shape index (κ1) is 14.9. The Bertz CT molecular complexity index is 572. The van der Waals surface area contributed by atoms with Crippen LogP contribution < -0.4 is 5.73 Å². The van der Waals surface area contributed by atoms with Crippen LogP contribution >= 0.6 is 11.6 Å². The van der Waals surface area contributed by atoms with Gasteiger partial charge in [-0.05, 0) is 36.1 Å². The Hall–Kier alpha value is -1.52. The van der Waals surface area contributed by atoms with Gasteiger partial charge in [0.15, 0.2) is 0 Å². The summed E-state index contributed by atoms with van der Waals surface area (Å²) in [6.07, 6.45) is 5.75. The van der Waals surface area contributed by atoms with E-state index in [1.807, 2.05) is 0 Å². The van der Waals surface area contributed by atoms with Crippen LogP contribution in [0.1, 0.15) is 30.3 Å². The smallest absolute Gasteiger partial charge is 0.132 e. The predicted molar refractivity (Wildman–Crippen MR) is 78.2 cm³/mol. The minimum Gasteiger partial charge on any atom is -0.327 e. The normalized spacial score (nSPS) is 12.4. The molecular weight excluding hydrogens is 277 g/mol. The van der Waals surface area contributed by atoms with E-state index in [1.54, 1.807) is 18.5 Å². The molecular formula is C15H17ClFN3. The van der Waals surface area contributed by atoms with Crippen molar-refractivity contribution in [3.8, 4) is 0 Å². The van der Waals surface area contributed by atoms with Gasteiger partial charge < -0.3 is 5.73 Å². The summed E-state index contributed by atoms with van der Waals surface area (Å²) < 4.78 is 13.0. The number of rotatable bonds is 5. The summed E-state index contributed by atoms with van der Waals surface area (Å²) in [5.74, 6) is 0.316. The van der Waals surface area contributed by atoms with Gasteiger partial charge in [-0.1, -0.05) is 24.6 Å². The molecule has 0 aliphatic carbocycles. The summed E-state index contributed by atoms with van der Waals surface area (Å²) in [6.45, 7) is 2.05.